The van der Waals surface area contributed by atoms with Crippen molar-refractivity contribution in [1.82, 2.24) is 0 Å². The van der Waals surface area contributed by atoms with Gasteiger partial charge in [0.25, 0.3) is 0 Å². The summed E-state index contributed by atoms with van der Waals surface area (Å²) in [5, 5.41) is 0. The Bertz CT molecular complexity index is 581. The number of nitrogens with two attached hydrogens (primary N) is 3. The molecule has 6 unspecified atom stereocenters. The Hall–Kier alpha value is 0.291. The van der Waals surface area contributed by atoms with Crippen molar-refractivity contribution in [2.75, 3.05) is 19.6 Å². The number of rotatable bonds is 12. The minimum absolute atomic E-state index is 0.0506. The first-order valence-corrected chi connectivity index (χ1v) is 18.2. The van der Waals surface area contributed by atoms with Crippen LogP contribution in [0.25, 0.3) is 0 Å². The molecule has 0 aromatic heterocycles. The van der Waals surface area contributed by atoms with Gasteiger partial charge in [-0.15, -0.1) is 0 Å². The molecule has 2 aliphatic rings. The topological polar surface area (TPSA) is 133 Å². The molecule has 0 aliphatic carbocycles. The quantitative estimate of drug-likeness (QED) is 0.339. The molecule has 0 amide bonds. The molecule has 0 saturated carbocycles. The number of fused-ring (bicyclic) bond motifs is 2. The fourth-order valence-electron chi connectivity index (χ4n) is 4.51. The van der Waals surface area contributed by atoms with Crippen LogP contribution in [0.3, 0.4) is 0 Å². The lowest BCUT2D eigenvalue weighted by Gasteiger charge is -2.43. The second-order valence-electron chi connectivity index (χ2n) is 9.61. The average Bonchev–Trinajstić information content (AvgIpc) is 2.91. The summed E-state index contributed by atoms with van der Waals surface area (Å²) in [5.74, 6) is 0. The molecule has 2 heterocycles. The van der Waals surface area contributed by atoms with E-state index < -0.39 is 26.2 Å². The minimum Gasteiger partial charge on any atom is -0.393 e. The highest BCUT2D eigenvalue weighted by Gasteiger charge is 2.65. The molecule has 6 N–H and O–H groups in total. The van der Waals surface area contributed by atoms with Gasteiger partial charge in [0.2, 0.25) is 0 Å². The maximum atomic E-state index is 7.08. The lowest BCUT2D eigenvalue weighted by Crippen LogP contribution is -2.63. The molecule has 2 rings (SSSR count). The van der Waals surface area contributed by atoms with Crippen molar-refractivity contribution in [1.29, 1.82) is 0 Å². The molecule has 2 bridgehead atoms. The summed E-state index contributed by atoms with van der Waals surface area (Å²) >= 11 is 0. The summed E-state index contributed by atoms with van der Waals surface area (Å²) < 4.78 is 40.7. The maximum absolute atomic E-state index is 7.08. The first-order valence-electron chi connectivity index (χ1n) is 12.3. The highest BCUT2D eigenvalue weighted by molar-refractivity contribution is 6.83. The van der Waals surface area contributed by atoms with Crippen LogP contribution < -0.4 is 17.2 Å². The van der Waals surface area contributed by atoms with Crippen LogP contribution in [0.5, 0.6) is 0 Å². The van der Waals surface area contributed by atoms with E-state index in [-0.39, 0.29) is 30.0 Å². The smallest absolute Gasteiger partial charge is 0.393 e. The molecule has 190 valence electrons. The lowest BCUT2D eigenvalue weighted by atomic mass is 10.1. The van der Waals surface area contributed by atoms with Gasteiger partial charge >= 0.3 is 26.2 Å². The van der Waals surface area contributed by atoms with Gasteiger partial charge < -0.3 is 43.1 Å². The molecule has 0 aromatic rings. The third kappa shape index (κ3) is 6.92. The maximum Gasteiger partial charge on any atom is 0.494 e. The van der Waals surface area contributed by atoms with Crippen molar-refractivity contribution in [2.45, 2.75) is 109 Å². The SMILES string of the molecule is CC(C)O[Si]1(CCCN)OC(C)C2O[Si](CCCN)(O1)O[Si](CCCN)(C(C)C)OC2C. The van der Waals surface area contributed by atoms with E-state index in [1.54, 1.807) is 0 Å². The average molecular weight is 510 g/mol. The van der Waals surface area contributed by atoms with Crippen LogP contribution in [0.2, 0.25) is 23.7 Å². The monoisotopic (exact) mass is 509 g/mol. The van der Waals surface area contributed by atoms with Crippen LogP contribution >= 0.6 is 0 Å². The van der Waals surface area contributed by atoms with E-state index in [0.717, 1.165) is 25.3 Å². The highest BCUT2D eigenvalue weighted by Crippen LogP contribution is 2.44. The molecule has 2 saturated heterocycles. The summed E-state index contributed by atoms with van der Waals surface area (Å²) in [5.41, 5.74) is 17.9. The minimum atomic E-state index is -3.25. The molecule has 0 spiro atoms. The van der Waals surface area contributed by atoms with Gasteiger partial charge in [-0.25, -0.2) is 0 Å². The third-order valence-electron chi connectivity index (χ3n) is 6.03. The Morgan fingerprint density at radius 1 is 0.750 bits per heavy atom. The van der Waals surface area contributed by atoms with Crippen LogP contribution in [0, 0.1) is 0 Å². The first kappa shape index (κ1) is 28.5. The molecule has 2 aliphatic heterocycles. The van der Waals surface area contributed by atoms with Crippen molar-refractivity contribution in [3.05, 3.63) is 0 Å². The van der Waals surface area contributed by atoms with Crippen molar-refractivity contribution in [3.63, 3.8) is 0 Å². The molecule has 0 radical (unpaired) electrons. The van der Waals surface area contributed by atoms with E-state index in [9.17, 15) is 0 Å². The van der Waals surface area contributed by atoms with Gasteiger partial charge in [-0.05, 0) is 78.2 Å². The Labute approximate surface area is 197 Å². The van der Waals surface area contributed by atoms with E-state index >= 15 is 0 Å². The first-order chi connectivity index (χ1) is 15.1. The second-order valence-corrected chi connectivity index (χ2v) is 19.2. The van der Waals surface area contributed by atoms with E-state index in [1.165, 1.54) is 0 Å². The summed E-state index contributed by atoms with van der Waals surface area (Å²) in [6.45, 7) is 14.1. The Morgan fingerprint density at radius 3 is 1.88 bits per heavy atom. The van der Waals surface area contributed by atoms with Gasteiger partial charge in [0, 0.05) is 18.2 Å². The largest absolute Gasteiger partial charge is 0.494 e. The summed E-state index contributed by atoms with van der Waals surface area (Å²) in [6, 6.07) is 2.06. The third-order valence-corrected chi connectivity index (χ3v) is 18.8. The Morgan fingerprint density at radius 2 is 1.31 bits per heavy atom. The highest BCUT2D eigenvalue weighted by atomic mass is 28.5. The van der Waals surface area contributed by atoms with Gasteiger partial charge in [-0.1, -0.05) is 13.8 Å². The van der Waals surface area contributed by atoms with Crippen LogP contribution in [0.15, 0.2) is 0 Å². The van der Waals surface area contributed by atoms with Crippen LogP contribution in [-0.4, -0.2) is 70.2 Å². The van der Waals surface area contributed by atoms with Crippen molar-refractivity contribution >= 4 is 26.2 Å². The molecule has 0 aromatic carbocycles. The molecule has 2 fully saturated rings. The number of hydrogen-bond donors (Lipinski definition) is 3. The molecular formula is C20H47N3O6Si3. The standard InChI is InChI=1S/C20H47N3O6Si3/c1-16(2)24-31(14-8-11-22)26-19(6)20-18(5)25-30(17(3)4,13-7-10-21)28-32(27-20,29-31)15-9-12-23/h16-20H,7-15,21-23H2,1-6H3. The zero-order valence-corrected chi connectivity index (χ0v) is 23.9. The zero-order chi connectivity index (χ0) is 24.0. The number of hydrogen-bond acceptors (Lipinski definition) is 9. The second kappa shape index (κ2) is 12.3. The molecule has 9 nitrogen and oxygen atoms in total. The van der Waals surface area contributed by atoms with Crippen molar-refractivity contribution < 1.29 is 25.9 Å². The van der Waals surface area contributed by atoms with Gasteiger partial charge in [-0.3, -0.25) is 0 Å². The van der Waals surface area contributed by atoms with Gasteiger partial charge in [0.1, 0.15) is 0 Å². The van der Waals surface area contributed by atoms with Crippen molar-refractivity contribution in [2.24, 2.45) is 17.2 Å². The predicted octanol–water partition coefficient (Wildman–Crippen LogP) is 2.44. The van der Waals surface area contributed by atoms with E-state index in [0.29, 0.717) is 31.7 Å². The Balaban J connectivity index is 2.59. The van der Waals surface area contributed by atoms with Gasteiger partial charge in [-0.2, -0.15) is 0 Å². The summed E-state index contributed by atoms with van der Waals surface area (Å²) in [4.78, 5) is 0. The van der Waals surface area contributed by atoms with Gasteiger partial charge in [0.05, 0.1) is 18.3 Å². The zero-order valence-electron chi connectivity index (χ0n) is 20.9. The normalized spacial score (nSPS) is 38.2. The van der Waals surface area contributed by atoms with Crippen LogP contribution in [0.1, 0.15) is 60.8 Å². The van der Waals surface area contributed by atoms with E-state index in [1.807, 2.05) is 20.8 Å². The lowest BCUT2D eigenvalue weighted by molar-refractivity contribution is -0.0235. The molecule has 32 heavy (non-hydrogen) atoms. The fraction of sp³-hybridized carbons (Fsp3) is 1.00. The predicted molar refractivity (Wildman–Crippen MR) is 132 cm³/mol. The molecule has 6 atom stereocenters. The van der Waals surface area contributed by atoms with Gasteiger partial charge in [0.15, 0.2) is 0 Å². The summed E-state index contributed by atoms with van der Waals surface area (Å²) in [6.07, 6.45) is 1.54. The Kier molecular flexibility index (Phi) is 11.0. The van der Waals surface area contributed by atoms with Crippen LogP contribution in [-0.2, 0) is 25.9 Å². The van der Waals surface area contributed by atoms with E-state index in [2.05, 4.69) is 20.8 Å². The summed E-state index contributed by atoms with van der Waals surface area (Å²) in [7, 11) is -9.10. The van der Waals surface area contributed by atoms with Crippen LogP contribution in [0.4, 0.5) is 0 Å². The van der Waals surface area contributed by atoms with E-state index in [4.69, 9.17) is 43.1 Å². The fourth-order valence-corrected chi connectivity index (χ4v) is 18.9. The molecule has 12 heteroatoms. The molecular weight excluding hydrogens is 462 g/mol. The van der Waals surface area contributed by atoms with Crippen molar-refractivity contribution in [3.8, 4) is 0 Å².